The highest BCUT2D eigenvalue weighted by atomic mass is 16.5. The maximum atomic E-state index is 5.76. The first kappa shape index (κ1) is 15.5. The van der Waals surface area contributed by atoms with Gasteiger partial charge in [-0.25, -0.2) is 0 Å². The topological polar surface area (TPSA) is 21.3 Å². The van der Waals surface area contributed by atoms with E-state index >= 15 is 0 Å². The fourth-order valence-electron chi connectivity index (χ4n) is 3.14. The Morgan fingerprint density at radius 2 is 2.00 bits per heavy atom. The molecular weight excluding hydrogens is 246 g/mol. The van der Waals surface area contributed by atoms with Crippen molar-refractivity contribution >= 4 is 0 Å². The van der Waals surface area contributed by atoms with E-state index in [1.165, 1.54) is 48.8 Å². The van der Waals surface area contributed by atoms with Crippen LogP contribution in [0.4, 0.5) is 0 Å². The first-order valence-electron chi connectivity index (χ1n) is 8.12. The summed E-state index contributed by atoms with van der Waals surface area (Å²) in [7, 11) is 0. The molecule has 2 rings (SSSR count). The van der Waals surface area contributed by atoms with Crippen molar-refractivity contribution in [2.75, 3.05) is 13.2 Å². The smallest absolute Gasteiger partial charge is 0.0576 e. The predicted molar refractivity (Wildman–Crippen MR) is 85.2 cm³/mol. The maximum Gasteiger partial charge on any atom is 0.0576 e. The van der Waals surface area contributed by atoms with Gasteiger partial charge in [-0.05, 0) is 58.1 Å². The van der Waals surface area contributed by atoms with Gasteiger partial charge in [0, 0.05) is 12.6 Å². The highest BCUT2D eigenvalue weighted by Crippen LogP contribution is 2.25. The second-order valence-electron chi connectivity index (χ2n) is 6.14. The minimum absolute atomic E-state index is 0.470. The molecule has 0 aliphatic carbocycles. The van der Waals surface area contributed by atoms with Gasteiger partial charge < -0.3 is 10.1 Å². The molecule has 1 saturated heterocycles. The Hall–Kier alpha value is -0.860. The summed E-state index contributed by atoms with van der Waals surface area (Å²) in [6.45, 7) is 8.65. The highest BCUT2D eigenvalue weighted by Gasteiger charge is 2.18. The van der Waals surface area contributed by atoms with Crippen LogP contribution in [0.25, 0.3) is 0 Å². The van der Waals surface area contributed by atoms with Crippen molar-refractivity contribution in [3.8, 4) is 0 Å². The van der Waals surface area contributed by atoms with Gasteiger partial charge in [-0.1, -0.05) is 36.2 Å². The zero-order valence-corrected chi connectivity index (χ0v) is 13.2. The molecule has 1 aromatic carbocycles. The molecule has 2 atom stereocenters. The van der Waals surface area contributed by atoms with E-state index in [0.29, 0.717) is 12.1 Å². The summed E-state index contributed by atoms with van der Waals surface area (Å²) in [6.07, 6.45) is 6.50. The first-order valence-corrected chi connectivity index (χ1v) is 8.12. The molecule has 1 heterocycles. The minimum atomic E-state index is 0.470. The number of hydrogen-bond acceptors (Lipinski definition) is 2. The van der Waals surface area contributed by atoms with Crippen LogP contribution in [-0.2, 0) is 4.74 Å². The molecule has 2 nitrogen and oxygen atoms in total. The van der Waals surface area contributed by atoms with Gasteiger partial charge >= 0.3 is 0 Å². The van der Waals surface area contributed by atoms with E-state index in [-0.39, 0.29) is 0 Å². The lowest BCUT2D eigenvalue weighted by Gasteiger charge is -2.21. The van der Waals surface area contributed by atoms with Gasteiger partial charge in [0.25, 0.3) is 0 Å². The second kappa shape index (κ2) is 7.80. The zero-order chi connectivity index (χ0) is 14.4. The second-order valence-corrected chi connectivity index (χ2v) is 6.14. The molecule has 0 spiro atoms. The Balaban J connectivity index is 2.00. The van der Waals surface area contributed by atoms with Crippen LogP contribution in [0.1, 0.15) is 61.8 Å². The van der Waals surface area contributed by atoms with Crippen molar-refractivity contribution in [1.29, 1.82) is 0 Å². The Bertz CT molecular complexity index is 390. The van der Waals surface area contributed by atoms with Crippen molar-refractivity contribution in [1.82, 2.24) is 5.32 Å². The summed E-state index contributed by atoms with van der Waals surface area (Å²) in [6, 6.07) is 7.38. The number of aryl methyl sites for hydroxylation is 2. The van der Waals surface area contributed by atoms with Gasteiger partial charge in [-0.15, -0.1) is 0 Å². The maximum absolute atomic E-state index is 5.76. The summed E-state index contributed by atoms with van der Waals surface area (Å²) < 4.78 is 5.76. The third kappa shape index (κ3) is 4.60. The van der Waals surface area contributed by atoms with Gasteiger partial charge in [-0.2, -0.15) is 0 Å². The first-order chi connectivity index (χ1) is 9.69. The van der Waals surface area contributed by atoms with Crippen LogP contribution in [0.5, 0.6) is 0 Å². The van der Waals surface area contributed by atoms with E-state index in [9.17, 15) is 0 Å². The Kier molecular flexibility index (Phi) is 6.06. The Morgan fingerprint density at radius 3 is 2.60 bits per heavy atom. The summed E-state index contributed by atoms with van der Waals surface area (Å²) in [5.41, 5.74) is 4.16. The van der Waals surface area contributed by atoms with Gasteiger partial charge in [0.1, 0.15) is 0 Å². The minimum Gasteiger partial charge on any atom is -0.378 e. The van der Waals surface area contributed by atoms with E-state index in [2.05, 4.69) is 44.3 Å². The van der Waals surface area contributed by atoms with Crippen molar-refractivity contribution in [3.05, 3.63) is 34.9 Å². The highest BCUT2D eigenvalue weighted by molar-refractivity contribution is 5.30. The van der Waals surface area contributed by atoms with Crippen molar-refractivity contribution < 1.29 is 4.74 Å². The number of nitrogens with one attached hydrogen (secondary N) is 1. The lowest BCUT2D eigenvalue weighted by molar-refractivity contribution is 0.0996. The quantitative estimate of drug-likeness (QED) is 0.801. The van der Waals surface area contributed by atoms with Gasteiger partial charge in [0.2, 0.25) is 0 Å². The van der Waals surface area contributed by atoms with Crippen molar-refractivity contribution in [3.63, 3.8) is 0 Å². The monoisotopic (exact) mass is 275 g/mol. The molecule has 2 heteroatoms. The summed E-state index contributed by atoms with van der Waals surface area (Å²) in [5, 5.41) is 3.71. The van der Waals surface area contributed by atoms with Crippen LogP contribution in [0.3, 0.4) is 0 Å². The van der Waals surface area contributed by atoms with Crippen molar-refractivity contribution in [2.24, 2.45) is 0 Å². The van der Waals surface area contributed by atoms with E-state index in [1.807, 2.05) is 0 Å². The van der Waals surface area contributed by atoms with Crippen LogP contribution in [0.15, 0.2) is 18.2 Å². The SMILES string of the molecule is CCCNC(CCC1CCCO1)c1cc(C)cc(C)c1. The number of benzene rings is 1. The number of hydrogen-bond donors (Lipinski definition) is 1. The Morgan fingerprint density at radius 1 is 1.25 bits per heavy atom. The van der Waals surface area contributed by atoms with Crippen molar-refractivity contribution in [2.45, 2.75) is 65.0 Å². The summed E-state index contributed by atoms with van der Waals surface area (Å²) in [5.74, 6) is 0. The molecule has 1 N–H and O–H groups in total. The van der Waals surface area contributed by atoms with Crippen LogP contribution in [0, 0.1) is 13.8 Å². The third-order valence-corrected chi connectivity index (χ3v) is 4.09. The molecule has 0 saturated carbocycles. The summed E-state index contributed by atoms with van der Waals surface area (Å²) >= 11 is 0. The van der Waals surface area contributed by atoms with E-state index in [0.717, 1.165) is 13.2 Å². The molecule has 20 heavy (non-hydrogen) atoms. The number of ether oxygens (including phenoxy) is 1. The summed E-state index contributed by atoms with van der Waals surface area (Å²) in [4.78, 5) is 0. The largest absolute Gasteiger partial charge is 0.378 e. The van der Waals surface area contributed by atoms with E-state index < -0.39 is 0 Å². The molecule has 1 fully saturated rings. The average molecular weight is 275 g/mol. The van der Waals surface area contributed by atoms with Crippen LogP contribution in [0.2, 0.25) is 0 Å². The molecule has 0 amide bonds. The molecule has 2 unspecified atom stereocenters. The lowest BCUT2D eigenvalue weighted by atomic mass is 9.96. The molecule has 112 valence electrons. The fourth-order valence-corrected chi connectivity index (χ4v) is 3.14. The average Bonchev–Trinajstić information content (AvgIpc) is 2.91. The molecule has 1 aliphatic rings. The standard InChI is InChI=1S/C18H29NO/c1-4-9-19-18(8-7-17-6-5-10-20-17)16-12-14(2)11-15(3)13-16/h11-13,17-19H,4-10H2,1-3H3. The van der Waals surface area contributed by atoms with Crippen LogP contribution in [-0.4, -0.2) is 19.3 Å². The van der Waals surface area contributed by atoms with Gasteiger partial charge in [0.05, 0.1) is 6.10 Å². The number of rotatable bonds is 7. The zero-order valence-electron chi connectivity index (χ0n) is 13.2. The lowest BCUT2D eigenvalue weighted by Crippen LogP contribution is -2.23. The van der Waals surface area contributed by atoms with Gasteiger partial charge in [0.15, 0.2) is 0 Å². The predicted octanol–water partition coefficient (Wildman–Crippen LogP) is 4.30. The van der Waals surface area contributed by atoms with E-state index in [4.69, 9.17) is 4.74 Å². The van der Waals surface area contributed by atoms with Crippen LogP contribution < -0.4 is 5.32 Å². The van der Waals surface area contributed by atoms with Gasteiger partial charge in [-0.3, -0.25) is 0 Å². The molecule has 1 aliphatic heterocycles. The molecular formula is C18H29NO. The van der Waals surface area contributed by atoms with Crippen LogP contribution >= 0.6 is 0 Å². The molecule has 0 radical (unpaired) electrons. The molecule has 1 aromatic rings. The molecule has 0 aromatic heterocycles. The third-order valence-electron chi connectivity index (χ3n) is 4.09. The fraction of sp³-hybridized carbons (Fsp3) is 0.667. The normalized spacial score (nSPS) is 20.2. The Labute approximate surface area is 123 Å². The van der Waals surface area contributed by atoms with E-state index in [1.54, 1.807) is 0 Å². The molecule has 0 bridgehead atoms.